The van der Waals surface area contributed by atoms with Gasteiger partial charge in [0.2, 0.25) is 5.91 Å². The van der Waals surface area contributed by atoms with Gasteiger partial charge >= 0.3 is 0 Å². The largest absolute Gasteiger partial charge is 0.326 e. The molecule has 1 amide bonds. The van der Waals surface area contributed by atoms with Crippen molar-refractivity contribution in [2.45, 2.75) is 27.3 Å². The molecule has 1 aliphatic heterocycles. The van der Waals surface area contributed by atoms with Crippen molar-refractivity contribution in [3.8, 4) is 0 Å². The number of anilines is 1. The SMILES string of the molecule is CC(C)(C)C(=O)Nc1cccc(CN2CCSCC2)c1. The Kier molecular flexibility index (Phi) is 5.11. The van der Waals surface area contributed by atoms with Crippen LogP contribution in [0.5, 0.6) is 0 Å². The van der Waals surface area contributed by atoms with Gasteiger partial charge in [-0.25, -0.2) is 0 Å². The third kappa shape index (κ3) is 4.53. The monoisotopic (exact) mass is 292 g/mol. The molecule has 0 aliphatic carbocycles. The van der Waals surface area contributed by atoms with E-state index < -0.39 is 0 Å². The Balaban J connectivity index is 1.98. The zero-order valence-corrected chi connectivity index (χ0v) is 13.4. The second kappa shape index (κ2) is 6.64. The summed E-state index contributed by atoms with van der Waals surface area (Å²) in [6, 6.07) is 8.20. The van der Waals surface area contributed by atoms with Crippen molar-refractivity contribution in [1.29, 1.82) is 0 Å². The van der Waals surface area contributed by atoms with Crippen LogP contribution in [-0.4, -0.2) is 35.4 Å². The minimum absolute atomic E-state index is 0.0593. The quantitative estimate of drug-likeness (QED) is 0.928. The fourth-order valence-corrected chi connectivity index (χ4v) is 3.06. The average molecular weight is 292 g/mol. The van der Waals surface area contributed by atoms with Crippen molar-refractivity contribution in [2.75, 3.05) is 29.9 Å². The Bertz CT molecular complexity index is 462. The number of hydrogen-bond donors (Lipinski definition) is 1. The Morgan fingerprint density at radius 1 is 1.30 bits per heavy atom. The van der Waals surface area contributed by atoms with E-state index in [1.165, 1.54) is 17.1 Å². The third-order valence-electron chi connectivity index (χ3n) is 3.38. The lowest BCUT2D eigenvalue weighted by Gasteiger charge is -2.26. The maximum atomic E-state index is 12.0. The molecule has 0 bridgehead atoms. The van der Waals surface area contributed by atoms with Gasteiger partial charge in [0.15, 0.2) is 0 Å². The smallest absolute Gasteiger partial charge is 0.229 e. The van der Waals surface area contributed by atoms with E-state index in [1.807, 2.05) is 44.7 Å². The van der Waals surface area contributed by atoms with Crippen molar-refractivity contribution >= 4 is 23.4 Å². The molecule has 0 unspecified atom stereocenters. The Morgan fingerprint density at radius 3 is 2.65 bits per heavy atom. The minimum atomic E-state index is -0.361. The van der Waals surface area contributed by atoms with Crippen LogP contribution in [0.4, 0.5) is 5.69 Å². The molecule has 2 rings (SSSR count). The summed E-state index contributed by atoms with van der Waals surface area (Å²) in [4.78, 5) is 14.5. The van der Waals surface area contributed by atoms with E-state index in [1.54, 1.807) is 0 Å². The van der Waals surface area contributed by atoms with Crippen LogP contribution in [0, 0.1) is 5.41 Å². The van der Waals surface area contributed by atoms with Crippen molar-refractivity contribution in [3.63, 3.8) is 0 Å². The van der Waals surface area contributed by atoms with Gasteiger partial charge in [0.25, 0.3) is 0 Å². The van der Waals surface area contributed by atoms with Crippen molar-refractivity contribution < 1.29 is 4.79 Å². The molecule has 0 radical (unpaired) electrons. The molecule has 0 aromatic heterocycles. The first-order chi connectivity index (χ1) is 9.45. The van der Waals surface area contributed by atoms with Crippen LogP contribution < -0.4 is 5.32 Å². The van der Waals surface area contributed by atoms with Gasteiger partial charge in [0.05, 0.1) is 0 Å². The van der Waals surface area contributed by atoms with Gasteiger partial charge in [-0.3, -0.25) is 9.69 Å². The minimum Gasteiger partial charge on any atom is -0.326 e. The maximum absolute atomic E-state index is 12.0. The Hall–Kier alpha value is -1.00. The van der Waals surface area contributed by atoms with Gasteiger partial charge < -0.3 is 5.32 Å². The lowest BCUT2D eigenvalue weighted by atomic mass is 9.95. The highest BCUT2D eigenvalue weighted by molar-refractivity contribution is 7.99. The molecule has 0 atom stereocenters. The number of nitrogens with one attached hydrogen (secondary N) is 1. The van der Waals surface area contributed by atoms with Gasteiger partial charge in [0.1, 0.15) is 0 Å². The zero-order chi connectivity index (χ0) is 14.6. The first kappa shape index (κ1) is 15.4. The summed E-state index contributed by atoms with van der Waals surface area (Å²) in [7, 11) is 0. The molecule has 1 fully saturated rings. The second-order valence-corrected chi connectivity index (χ2v) is 7.52. The van der Waals surface area contributed by atoms with Gasteiger partial charge in [-0.05, 0) is 17.7 Å². The van der Waals surface area contributed by atoms with Crippen LogP contribution in [0.2, 0.25) is 0 Å². The van der Waals surface area contributed by atoms with Crippen LogP contribution in [-0.2, 0) is 11.3 Å². The average Bonchev–Trinajstić information content (AvgIpc) is 2.39. The molecule has 3 nitrogen and oxygen atoms in total. The first-order valence-corrected chi connectivity index (χ1v) is 8.31. The predicted molar refractivity (Wildman–Crippen MR) is 87.1 cm³/mol. The molecule has 4 heteroatoms. The molecule has 0 spiro atoms. The van der Waals surface area contributed by atoms with E-state index >= 15 is 0 Å². The zero-order valence-electron chi connectivity index (χ0n) is 12.6. The number of hydrogen-bond acceptors (Lipinski definition) is 3. The molecule has 1 aliphatic rings. The highest BCUT2D eigenvalue weighted by atomic mass is 32.2. The fourth-order valence-electron chi connectivity index (χ4n) is 2.08. The highest BCUT2D eigenvalue weighted by Crippen LogP contribution is 2.19. The molecular formula is C16H24N2OS. The highest BCUT2D eigenvalue weighted by Gasteiger charge is 2.21. The van der Waals surface area contributed by atoms with E-state index in [0.717, 1.165) is 25.3 Å². The van der Waals surface area contributed by atoms with Gasteiger partial charge in [0, 0.05) is 42.2 Å². The summed E-state index contributed by atoms with van der Waals surface area (Å²) in [5.41, 5.74) is 1.80. The molecule has 1 saturated heterocycles. The first-order valence-electron chi connectivity index (χ1n) is 7.16. The molecule has 1 aromatic rings. The van der Waals surface area contributed by atoms with E-state index in [0.29, 0.717) is 0 Å². The summed E-state index contributed by atoms with van der Waals surface area (Å²) in [6.07, 6.45) is 0. The van der Waals surface area contributed by atoms with Crippen LogP contribution in [0.1, 0.15) is 26.3 Å². The number of nitrogens with zero attached hydrogens (tertiary/aromatic N) is 1. The van der Waals surface area contributed by atoms with E-state index in [2.05, 4.69) is 22.3 Å². The number of thioether (sulfide) groups is 1. The number of carbonyl (C=O) groups excluding carboxylic acids is 1. The van der Waals surface area contributed by atoms with E-state index in [9.17, 15) is 4.79 Å². The van der Waals surface area contributed by atoms with Crippen molar-refractivity contribution in [3.05, 3.63) is 29.8 Å². The number of benzene rings is 1. The van der Waals surface area contributed by atoms with E-state index in [4.69, 9.17) is 0 Å². The topological polar surface area (TPSA) is 32.3 Å². The van der Waals surface area contributed by atoms with Crippen molar-refractivity contribution in [1.82, 2.24) is 4.90 Å². The molecule has 1 aromatic carbocycles. The number of carbonyl (C=O) groups is 1. The molecular weight excluding hydrogens is 268 g/mol. The third-order valence-corrected chi connectivity index (χ3v) is 4.32. The second-order valence-electron chi connectivity index (χ2n) is 6.29. The summed E-state index contributed by atoms with van der Waals surface area (Å²) in [5, 5.41) is 3.00. The normalized spacial score (nSPS) is 16.9. The molecule has 1 heterocycles. The Labute approximate surface area is 126 Å². The molecule has 0 saturated carbocycles. The lowest BCUT2D eigenvalue weighted by Crippen LogP contribution is -2.32. The van der Waals surface area contributed by atoms with Crippen molar-refractivity contribution in [2.24, 2.45) is 5.41 Å². The fraction of sp³-hybridized carbons (Fsp3) is 0.562. The Morgan fingerprint density at radius 2 is 2.00 bits per heavy atom. The van der Waals surface area contributed by atoms with Crippen LogP contribution in [0.25, 0.3) is 0 Å². The van der Waals surface area contributed by atoms with Gasteiger partial charge in [-0.15, -0.1) is 0 Å². The van der Waals surface area contributed by atoms with Crippen LogP contribution in [0.3, 0.4) is 0 Å². The van der Waals surface area contributed by atoms with Gasteiger partial charge in [-0.2, -0.15) is 11.8 Å². The van der Waals surface area contributed by atoms with Crippen LogP contribution in [0.15, 0.2) is 24.3 Å². The maximum Gasteiger partial charge on any atom is 0.229 e. The predicted octanol–water partition coefficient (Wildman–Crippen LogP) is 3.22. The summed E-state index contributed by atoms with van der Waals surface area (Å²) in [5.74, 6) is 2.50. The van der Waals surface area contributed by atoms with Crippen LogP contribution >= 0.6 is 11.8 Å². The summed E-state index contributed by atoms with van der Waals surface area (Å²) in [6.45, 7) is 9.07. The molecule has 20 heavy (non-hydrogen) atoms. The standard InChI is InChI=1S/C16H24N2OS/c1-16(2,3)15(19)17-14-6-4-5-13(11-14)12-18-7-9-20-10-8-18/h4-6,11H,7-10,12H2,1-3H3,(H,17,19). The van der Waals surface area contributed by atoms with Gasteiger partial charge in [-0.1, -0.05) is 32.9 Å². The summed E-state index contributed by atoms with van der Waals surface area (Å²) >= 11 is 2.02. The number of amides is 1. The van der Waals surface area contributed by atoms with E-state index in [-0.39, 0.29) is 11.3 Å². The molecule has 110 valence electrons. The summed E-state index contributed by atoms with van der Waals surface area (Å²) < 4.78 is 0. The molecule has 1 N–H and O–H groups in total. The number of rotatable bonds is 3. The lowest BCUT2D eigenvalue weighted by molar-refractivity contribution is -0.123.